The van der Waals surface area contributed by atoms with Crippen molar-refractivity contribution in [3.05, 3.63) is 38.8 Å². The Morgan fingerprint density at radius 1 is 1.24 bits per heavy atom. The van der Waals surface area contributed by atoms with Gasteiger partial charge in [0, 0.05) is 13.1 Å². The lowest BCUT2D eigenvalue weighted by molar-refractivity contribution is -0.121. The van der Waals surface area contributed by atoms with Crippen LogP contribution in [-0.4, -0.2) is 34.5 Å². The highest BCUT2D eigenvalue weighted by Gasteiger charge is 2.20. The Labute approximate surface area is 174 Å². The Morgan fingerprint density at radius 3 is 2.79 bits per heavy atom. The Morgan fingerprint density at radius 2 is 2.07 bits per heavy atom. The van der Waals surface area contributed by atoms with Gasteiger partial charge in [0.05, 0.1) is 16.6 Å². The highest BCUT2D eigenvalue weighted by atomic mass is 32.1. The number of aromatic nitrogens is 2. The zero-order valence-corrected chi connectivity index (χ0v) is 17.9. The summed E-state index contributed by atoms with van der Waals surface area (Å²) in [6.45, 7) is 4.82. The summed E-state index contributed by atoms with van der Waals surface area (Å²) < 4.78 is 1.30. The number of rotatable bonds is 8. The number of carbonyl (C=O) groups is 2. The highest BCUT2D eigenvalue weighted by Crippen LogP contribution is 2.27. The molecule has 0 radical (unpaired) electrons. The Bertz CT molecular complexity index is 990. The van der Waals surface area contributed by atoms with E-state index in [1.54, 1.807) is 6.92 Å². The molecule has 0 atom stereocenters. The van der Waals surface area contributed by atoms with Crippen molar-refractivity contribution in [3.63, 3.8) is 0 Å². The minimum atomic E-state index is -0.290. The first kappa shape index (κ1) is 21.2. The van der Waals surface area contributed by atoms with Gasteiger partial charge in [0.1, 0.15) is 11.4 Å². The second-order valence-corrected chi connectivity index (χ2v) is 8.38. The second-order valence-electron chi connectivity index (χ2n) is 7.38. The number of hydrogen-bond acceptors (Lipinski definition) is 5. The summed E-state index contributed by atoms with van der Waals surface area (Å²) in [6, 6.07) is 0. The maximum absolute atomic E-state index is 12.8. The van der Waals surface area contributed by atoms with Gasteiger partial charge in [-0.15, -0.1) is 11.3 Å². The molecule has 3 rings (SSSR count). The third kappa shape index (κ3) is 5.12. The van der Waals surface area contributed by atoms with Gasteiger partial charge in [-0.1, -0.05) is 18.6 Å². The molecule has 1 aliphatic rings. The van der Waals surface area contributed by atoms with Crippen molar-refractivity contribution in [2.24, 2.45) is 0 Å². The number of nitrogens with zero attached hydrogens (tertiary/aromatic N) is 2. The van der Waals surface area contributed by atoms with Crippen LogP contribution in [0.4, 0.5) is 0 Å². The van der Waals surface area contributed by atoms with E-state index in [0.717, 1.165) is 25.7 Å². The van der Waals surface area contributed by atoms with Crippen molar-refractivity contribution < 1.29 is 9.59 Å². The molecule has 0 aliphatic heterocycles. The van der Waals surface area contributed by atoms with Gasteiger partial charge in [-0.05, 0) is 51.0 Å². The number of aryl methyl sites for hydroxylation is 1. The molecule has 0 aromatic carbocycles. The third-order valence-corrected chi connectivity index (χ3v) is 6.32. The average molecular weight is 417 g/mol. The number of allylic oxidation sites excluding steroid dienone is 1. The van der Waals surface area contributed by atoms with E-state index in [1.165, 1.54) is 40.6 Å². The van der Waals surface area contributed by atoms with Gasteiger partial charge < -0.3 is 10.6 Å². The van der Waals surface area contributed by atoms with Crippen LogP contribution in [0, 0.1) is 6.92 Å². The fourth-order valence-corrected chi connectivity index (χ4v) is 4.57. The Kier molecular flexibility index (Phi) is 7.19. The predicted molar refractivity (Wildman–Crippen MR) is 115 cm³/mol. The van der Waals surface area contributed by atoms with Crippen LogP contribution in [0.5, 0.6) is 0 Å². The van der Waals surface area contributed by atoms with E-state index in [2.05, 4.69) is 21.7 Å². The molecule has 0 spiro atoms. The van der Waals surface area contributed by atoms with Crippen molar-refractivity contribution in [1.82, 2.24) is 20.2 Å². The van der Waals surface area contributed by atoms with Gasteiger partial charge in [0.2, 0.25) is 5.91 Å². The van der Waals surface area contributed by atoms with E-state index < -0.39 is 0 Å². The molecule has 29 heavy (non-hydrogen) atoms. The van der Waals surface area contributed by atoms with E-state index in [9.17, 15) is 14.4 Å². The van der Waals surface area contributed by atoms with Crippen LogP contribution in [-0.2, 0) is 11.3 Å². The summed E-state index contributed by atoms with van der Waals surface area (Å²) in [7, 11) is 0. The molecule has 1 aliphatic carbocycles. The summed E-state index contributed by atoms with van der Waals surface area (Å²) in [6.07, 6.45) is 10.1. The second kappa shape index (κ2) is 9.82. The maximum atomic E-state index is 12.8. The van der Waals surface area contributed by atoms with E-state index >= 15 is 0 Å². The molecule has 0 saturated carbocycles. The standard InChI is InChI=1S/C21H28N4O3S/c1-3-10-22-16(26)12-25-13-24-20-17(21(25)28)14(2)18(29-20)19(27)23-11-9-15-7-5-4-6-8-15/h7,13H,3-6,8-12H2,1-2H3,(H,22,26)(H,23,27). The lowest BCUT2D eigenvalue weighted by Crippen LogP contribution is -2.32. The molecule has 0 unspecified atom stereocenters. The van der Waals surface area contributed by atoms with Crippen molar-refractivity contribution in [3.8, 4) is 0 Å². The molecule has 0 fully saturated rings. The molecule has 8 heteroatoms. The number of fused-ring (bicyclic) bond motifs is 1. The van der Waals surface area contributed by atoms with Gasteiger partial charge in [-0.3, -0.25) is 19.0 Å². The van der Waals surface area contributed by atoms with Crippen LogP contribution in [0.2, 0.25) is 0 Å². The van der Waals surface area contributed by atoms with Gasteiger partial charge in [0.15, 0.2) is 0 Å². The molecule has 7 nitrogen and oxygen atoms in total. The van der Waals surface area contributed by atoms with Crippen molar-refractivity contribution in [2.45, 2.75) is 58.9 Å². The van der Waals surface area contributed by atoms with E-state index in [0.29, 0.717) is 33.7 Å². The minimum Gasteiger partial charge on any atom is -0.355 e. The van der Waals surface area contributed by atoms with Gasteiger partial charge in [-0.2, -0.15) is 0 Å². The van der Waals surface area contributed by atoms with Crippen molar-refractivity contribution in [2.75, 3.05) is 13.1 Å². The number of amides is 2. The van der Waals surface area contributed by atoms with Crippen molar-refractivity contribution >= 4 is 33.4 Å². The third-order valence-electron chi connectivity index (χ3n) is 5.13. The van der Waals surface area contributed by atoms with Crippen LogP contribution < -0.4 is 16.2 Å². The summed E-state index contributed by atoms with van der Waals surface area (Å²) >= 11 is 1.22. The molecule has 2 N–H and O–H groups in total. The van der Waals surface area contributed by atoms with Gasteiger partial charge in [0.25, 0.3) is 11.5 Å². The molecular weight excluding hydrogens is 388 g/mol. The van der Waals surface area contributed by atoms with Crippen LogP contribution in [0.1, 0.15) is 60.7 Å². The predicted octanol–water partition coefficient (Wildman–Crippen LogP) is 2.91. The number of hydrogen-bond donors (Lipinski definition) is 2. The molecular formula is C21H28N4O3S. The first-order chi connectivity index (χ1) is 14.0. The van der Waals surface area contributed by atoms with Gasteiger partial charge in [-0.25, -0.2) is 4.98 Å². The molecule has 2 aromatic heterocycles. The van der Waals surface area contributed by atoms with E-state index in [1.807, 2.05) is 6.92 Å². The van der Waals surface area contributed by atoms with Crippen LogP contribution in [0.25, 0.3) is 10.2 Å². The average Bonchev–Trinajstić information content (AvgIpc) is 3.06. The fraction of sp³-hybridized carbons (Fsp3) is 0.524. The number of carbonyl (C=O) groups excluding carboxylic acids is 2. The zero-order valence-electron chi connectivity index (χ0n) is 17.0. The molecule has 2 aromatic rings. The summed E-state index contributed by atoms with van der Waals surface area (Å²) in [4.78, 5) is 42.8. The van der Waals surface area contributed by atoms with Crippen molar-refractivity contribution in [1.29, 1.82) is 0 Å². The first-order valence-corrected chi connectivity index (χ1v) is 11.0. The largest absolute Gasteiger partial charge is 0.355 e. The lowest BCUT2D eigenvalue weighted by atomic mass is 9.97. The van der Waals surface area contributed by atoms with Crippen LogP contribution in [0.3, 0.4) is 0 Å². The SMILES string of the molecule is CCCNC(=O)Cn1cnc2sc(C(=O)NCCC3=CCCCC3)c(C)c2c1=O. The minimum absolute atomic E-state index is 0.0757. The summed E-state index contributed by atoms with van der Waals surface area (Å²) in [5.41, 5.74) is 1.75. The number of thiophene rings is 1. The first-order valence-electron chi connectivity index (χ1n) is 10.2. The lowest BCUT2D eigenvalue weighted by Gasteiger charge is -2.12. The maximum Gasteiger partial charge on any atom is 0.262 e. The normalized spacial score (nSPS) is 13.9. The highest BCUT2D eigenvalue weighted by molar-refractivity contribution is 7.20. The Balaban J connectivity index is 1.72. The van der Waals surface area contributed by atoms with Crippen LogP contribution in [0.15, 0.2) is 22.8 Å². The quantitative estimate of drug-likeness (QED) is 0.647. The Hall–Kier alpha value is -2.48. The molecule has 2 heterocycles. The topological polar surface area (TPSA) is 93.1 Å². The fourth-order valence-electron chi connectivity index (χ4n) is 3.51. The zero-order chi connectivity index (χ0) is 20.8. The van der Waals surface area contributed by atoms with E-state index in [4.69, 9.17) is 0 Å². The summed E-state index contributed by atoms with van der Waals surface area (Å²) in [5, 5.41) is 6.14. The van der Waals surface area contributed by atoms with Crippen LogP contribution >= 0.6 is 11.3 Å². The molecule has 0 bridgehead atoms. The molecule has 0 saturated heterocycles. The molecule has 156 valence electrons. The number of nitrogens with one attached hydrogen (secondary N) is 2. The van der Waals surface area contributed by atoms with E-state index in [-0.39, 0.29) is 23.9 Å². The molecule has 2 amide bonds. The smallest absolute Gasteiger partial charge is 0.262 e. The van der Waals surface area contributed by atoms with Gasteiger partial charge >= 0.3 is 0 Å². The monoisotopic (exact) mass is 416 g/mol. The summed E-state index contributed by atoms with van der Waals surface area (Å²) in [5.74, 6) is -0.397.